The lowest BCUT2D eigenvalue weighted by Gasteiger charge is -2.09. The molecule has 0 saturated carbocycles. The fourth-order valence-electron chi connectivity index (χ4n) is 1.09. The number of hydrogen-bond acceptors (Lipinski definition) is 2. The summed E-state index contributed by atoms with van der Waals surface area (Å²) in [6.45, 7) is -1.90. The first-order valence-corrected chi connectivity index (χ1v) is 3.86. The van der Waals surface area contributed by atoms with Crippen molar-refractivity contribution in [2.45, 2.75) is 13.2 Å². The van der Waals surface area contributed by atoms with Gasteiger partial charge in [-0.3, -0.25) is 0 Å². The number of rotatable bonds is 3. The second-order valence-electron chi connectivity index (χ2n) is 2.72. The monoisotopic (exact) mass is 225 g/mol. The van der Waals surface area contributed by atoms with Crippen LogP contribution in [0.25, 0.3) is 0 Å². The molecular formula is C9H8F4O2. The summed E-state index contributed by atoms with van der Waals surface area (Å²) in [5.41, 5.74) is -2.00. The van der Waals surface area contributed by atoms with Gasteiger partial charge in [0.15, 0.2) is 23.3 Å². The van der Waals surface area contributed by atoms with Crippen molar-refractivity contribution in [1.29, 1.82) is 0 Å². The van der Waals surface area contributed by atoms with Gasteiger partial charge in [-0.15, -0.1) is 0 Å². The van der Waals surface area contributed by atoms with Gasteiger partial charge in [0.2, 0.25) is 0 Å². The van der Waals surface area contributed by atoms with Gasteiger partial charge >= 0.3 is 0 Å². The molecule has 1 rings (SSSR count). The number of benzene rings is 1. The molecule has 6 heteroatoms. The largest absolute Gasteiger partial charge is 0.391 e. The minimum atomic E-state index is -1.65. The quantitative estimate of drug-likeness (QED) is 0.628. The van der Waals surface area contributed by atoms with E-state index in [0.29, 0.717) is 0 Å². The number of methoxy groups -OCH3 is 1. The Bertz CT molecular complexity index is 369. The first kappa shape index (κ1) is 10.4. The maximum absolute atomic E-state index is 13.2. The lowest BCUT2D eigenvalue weighted by molar-refractivity contribution is 0.174. The predicted molar refractivity (Wildman–Crippen MR) is 42.9 cm³/mol. The van der Waals surface area contributed by atoms with Gasteiger partial charge in [0.25, 0.3) is 0 Å². The lowest BCUT2D eigenvalue weighted by Crippen LogP contribution is -2.09. The third-order valence-corrected chi connectivity index (χ3v) is 1.85. The Labute approximate surface area is 84.5 Å². The van der Waals surface area contributed by atoms with Gasteiger partial charge in [-0.25, -0.2) is 17.6 Å². The van der Waals surface area contributed by atoms with E-state index < -0.39 is 54.7 Å². The van der Waals surface area contributed by atoms with Crippen LogP contribution in [0.2, 0.25) is 0 Å². The SMILES string of the molecule is [2H]COCc1c(F)c(F)c(CO)c(F)c1F. The molecular weight excluding hydrogens is 216 g/mol. The highest BCUT2D eigenvalue weighted by atomic mass is 19.2. The van der Waals surface area contributed by atoms with E-state index in [1.165, 1.54) is 0 Å². The molecule has 0 bridgehead atoms. The van der Waals surface area contributed by atoms with Crippen LogP contribution in [0.1, 0.15) is 12.5 Å². The molecule has 0 aliphatic carbocycles. The van der Waals surface area contributed by atoms with Gasteiger partial charge in [-0.05, 0) is 0 Å². The Hall–Kier alpha value is -1.14. The van der Waals surface area contributed by atoms with Crippen LogP contribution in [0.3, 0.4) is 0 Å². The van der Waals surface area contributed by atoms with Crippen LogP contribution < -0.4 is 0 Å². The minimum Gasteiger partial charge on any atom is -0.391 e. The lowest BCUT2D eigenvalue weighted by atomic mass is 10.1. The van der Waals surface area contributed by atoms with Crippen molar-refractivity contribution in [2.75, 3.05) is 7.09 Å². The molecule has 0 saturated heterocycles. The fourth-order valence-corrected chi connectivity index (χ4v) is 1.09. The summed E-state index contributed by atoms with van der Waals surface area (Å²) in [7, 11) is -0.593. The Balaban J connectivity index is 3.29. The molecule has 1 aromatic carbocycles. The smallest absolute Gasteiger partial charge is 0.167 e. The first-order valence-electron chi connectivity index (χ1n) is 4.56. The zero-order valence-electron chi connectivity index (χ0n) is 8.49. The Morgan fingerprint density at radius 1 is 1.07 bits per heavy atom. The van der Waals surface area contributed by atoms with Gasteiger partial charge in [-0.2, -0.15) is 0 Å². The molecule has 0 amide bonds. The summed E-state index contributed by atoms with van der Waals surface area (Å²) in [5, 5.41) is 8.54. The molecule has 0 heterocycles. The van der Waals surface area contributed by atoms with Gasteiger partial charge in [0.1, 0.15) is 0 Å². The molecule has 0 aliphatic rings. The van der Waals surface area contributed by atoms with Crippen molar-refractivity contribution in [1.82, 2.24) is 0 Å². The molecule has 0 fully saturated rings. The highest BCUT2D eigenvalue weighted by Crippen LogP contribution is 2.24. The number of halogens is 4. The number of ether oxygens (including phenoxy) is 1. The van der Waals surface area contributed by atoms with Crippen molar-refractivity contribution < 1.29 is 28.8 Å². The van der Waals surface area contributed by atoms with Gasteiger partial charge in [-0.1, -0.05) is 0 Å². The topological polar surface area (TPSA) is 29.5 Å². The van der Waals surface area contributed by atoms with Crippen LogP contribution in [-0.2, 0) is 18.0 Å². The standard InChI is InChI=1S/C9H8F4O2/c1-15-3-5-8(12)6(10)4(2-14)7(11)9(5)13/h14H,2-3H2,1H3/i1D. The Morgan fingerprint density at radius 3 is 1.93 bits per heavy atom. The van der Waals surface area contributed by atoms with E-state index >= 15 is 0 Å². The van der Waals surface area contributed by atoms with Crippen LogP contribution in [-0.4, -0.2) is 12.2 Å². The normalized spacial score (nSPS) is 11.7. The van der Waals surface area contributed by atoms with E-state index in [4.69, 9.17) is 6.48 Å². The maximum atomic E-state index is 13.2. The second kappa shape index (κ2) is 4.59. The Morgan fingerprint density at radius 2 is 1.53 bits per heavy atom. The highest BCUT2D eigenvalue weighted by molar-refractivity contribution is 5.29. The molecule has 84 valence electrons. The summed E-state index contributed by atoms with van der Waals surface area (Å²) in [4.78, 5) is 0. The van der Waals surface area contributed by atoms with Crippen molar-refractivity contribution in [3.8, 4) is 0 Å². The summed E-state index contributed by atoms with van der Waals surface area (Å²) in [5.74, 6) is -6.53. The summed E-state index contributed by atoms with van der Waals surface area (Å²) < 4.78 is 63.5. The Kier molecular flexibility index (Phi) is 3.17. The zero-order chi connectivity index (χ0) is 12.3. The average Bonchev–Trinajstić information content (AvgIpc) is 2.27. The van der Waals surface area contributed by atoms with E-state index in [2.05, 4.69) is 4.74 Å². The van der Waals surface area contributed by atoms with E-state index in [1.54, 1.807) is 0 Å². The van der Waals surface area contributed by atoms with Crippen molar-refractivity contribution in [3.05, 3.63) is 34.4 Å². The van der Waals surface area contributed by atoms with Crippen LogP contribution in [0.15, 0.2) is 0 Å². The van der Waals surface area contributed by atoms with Crippen LogP contribution >= 0.6 is 0 Å². The molecule has 0 aromatic heterocycles. The molecule has 0 radical (unpaired) electrons. The molecule has 15 heavy (non-hydrogen) atoms. The van der Waals surface area contributed by atoms with E-state index in [0.717, 1.165) is 0 Å². The molecule has 2 nitrogen and oxygen atoms in total. The summed E-state index contributed by atoms with van der Waals surface area (Å²) >= 11 is 0. The fraction of sp³-hybridized carbons (Fsp3) is 0.333. The molecule has 0 unspecified atom stereocenters. The second-order valence-corrected chi connectivity index (χ2v) is 2.72. The molecule has 0 aliphatic heterocycles. The third kappa shape index (κ3) is 1.95. The number of hydrogen-bond donors (Lipinski definition) is 1. The van der Waals surface area contributed by atoms with Crippen molar-refractivity contribution >= 4 is 0 Å². The molecule has 0 atom stereocenters. The first-order chi connectivity index (χ1) is 7.54. The predicted octanol–water partition coefficient (Wildman–Crippen LogP) is 1.88. The van der Waals surface area contributed by atoms with Crippen molar-refractivity contribution in [2.24, 2.45) is 0 Å². The minimum absolute atomic E-state index is 0.593. The van der Waals surface area contributed by atoms with Crippen LogP contribution in [0, 0.1) is 23.3 Å². The summed E-state index contributed by atoms with van der Waals surface area (Å²) in [6.07, 6.45) is 0. The molecule has 1 aromatic rings. The molecule has 0 spiro atoms. The average molecular weight is 225 g/mol. The van der Waals surface area contributed by atoms with Crippen LogP contribution in [0.4, 0.5) is 17.6 Å². The number of aliphatic hydroxyl groups excluding tert-OH is 1. The van der Waals surface area contributed by atoms with E-state index in [-0.39, 0.29) is 0 Å². The zero-order valence-corrected chi connectivity index (χ0v) is 7.49. The van der Waals surface area contributed by atoms with Gasteiger partial charge in [0.05, 0.1) is 25.7 Å². The summed E-state index contributed by atoms with van der Waals surface area (Å²) in [6, 6.07) is 0. The third-order valence-electron chi connectivity index (χ3n) is 1.85. The van der Waals surface area contributed by atoms with Crippen LogP contribution in [0.5, 0.6) is 0 Å². The van der Waals surface area contributed by atoms with Crippen molar-refractivity contribution in [3.63, 3.8) is 0 Å². The molecule has 1 N–H and O–H groups in total. The van der Waals surface area contributed by atoms with E-state index in [1.807, 2.05) is 0 Å². The number of aliphatic hydroxyl groups is 1. The van der Waals surface area contributed by atoms with Gasteiger partial charge in [0, 0.05) is 7.09 Å². The van der Waals surface area contributed by atoms with Gasteiger partial charge < -0.3 is 9.84 Å². The maximum Gasteiger partial charge on any atom is 0.167 e. The van der Waals surface area contributed by atoms with E-state index in [9.17, 15) is 17.6 Å². The highest BCUT2D eigenvalue weighted by Gasteiger charge is 2.24.